The molecule has 1 rings (SSSR count). The average Bonchev–Trinajstić information content (AvgIpc) is 2.35. The van der Waals surface area contributed by atoms with Gasteiger partial charge in [0.15, 0.2) is 7.98 Å². The van der Waals surface area contributed by atoms with Crippen LogP contribution in [0, 0.1) is 0 Å². The number of rotatable bonds is 6. The molecule has 2 radical (unpaired) electrons. The Morgan fingerprint density at radius 1 is 1.37 bits per heavy atom. The summed E-state index contributed by atoms with van der Waals surface area (Å²) < 4.78 is 43.0. The Balaban J connectivity index is 2.54. The summed E-state index contributed by atoms with van der Waals surface area (Å²) in [6, 6.07) is 5.15. The molecule has 0 aliphatic carbocycles. The van der Waals surface area contributed by atoms with E-state index in [-0.39, 0.29) is 12.7 Å². The zero-order valence-corrected chi connectivity index (χ0v) is 11.1. The lowest BCUT2D eigenvalue weighted by Crippen LogP contribution is -2.30. The predicted octanol–water partition coefficient (Wildman–Crippen LogP) is 3.02. The molecule has 0 bridgehead atoms. The molecule has 104 valence electrons. The Hall–Kier alpha value is -1.01. The van der Waals surface area contributed by atoms with E-state index in [0.29, 0.717) is 18.7 Å². The molecule has 0 amide bonds. The molecule has 19 heavy (non-hydrogen) atoms. The Bertz CT molecular complexity index is 398. The second-order valence-corrected chi connectivity index (χ2v) is 4.41. The van der Waals surface area contributed by atoms with E-state index >= 15 is 0 Å². The first kappa shape index (κ1) is 16.1. The number of likely N-dealkylation sites (N-methyl/N-ethyl adjacent to an activating group) is 1. The summed E-state index contributed by atoms with van der Waals surface area (Å²) in [7, 11) is 5.63. The minimum atomic E-state index is -4.32. The van der Waals surface area contributed by atoms with Gasteiger partial charge in [0, 0.05) is 6.54 Å². The van der Waals surface area contributed by atoms with Crippen LogP contribution in [0.4, 0.5) is 13.2 Å². The monoisotopic (exact) mass is 271 g/mol. The van der Waals surface area contributed by atoms with E-state index in [9.17, 15) is 13.2 Å². The first-order chi connectivity index (χ1) is 8.82. The van der Waals surface area contributed by atoms with Gasteiger partial charge in [0.25, 0.3) is 0 Å². The highest BCUT2D eigenvalue weighted by Gasteiger charge is 2.30. The van der Waals surface area contributed by atoms with E-state index < -0.39 is 11.7 Å². The lowest BCUT2D eigenvalue weighted by Gasteiger charge is -2.20. The predicted molar refractivity (Wildman–Crippen MR) is 68.7 cm³/mol. The molecule has 0 fully saturated rings. The summed E-state index contributed by atoms with van der Waals surface area (Å²) in [6.45, 7) is 5.12. The molecule has 0 aliphatic rings. The number of alkyl halides is 3. The van der Waals surface area contributed by atoms with Crippen molar-refractivity contribution < 1.29 is 17.9 Å². The maximum atomic E-state index is 12.5. The molecule has 0 saturated heterocycles. The average molecular weight is 271 g/mol. The first-order valence-corrected chi connectivity index (χ1v) is 6.10. The lowest BCUT2D eigenvalue weighted by molar-refractivity contribution is -0.137. The summed E-state index contributed by atoms with van der Waals surface area (Å²) in [5, 5.41) is 0. The second-order valence-electron chi connectivity index (χ2n) is 4.41. The molecule has 1 aromatic rings. The van der Waals surface area contributed by atoms with Crippen LogP contribution in [0.3, 0.4) is 0 Å². The van der Waals surface area contributed by atoms with Gasteiger partial charge in [-0.1, -0.05) is 19.1 Å². The molecular weight excluding hydrogens is 254 g/mol. The molecule has 6 heteroatoms. The minimum absolute atomic E-state index is 0.139. The molecule has 1 aromatic carbocycles. The van der Waals surface area contributed by atoms with Crippen LogP contribution in [0.2, 0.25) is 0 Å². The maximum Gasteiger partial charge on any atom is 0.416 e. The Labute approximate surface area is 113 Å². The number of hydrogen-bond acceptors (Lipinski definition) is 2. The van der Waals surface area contributed by atoms with Gasteiger partial charge in [0.1, 0.15) is 0 Å². The molecule has 0 spiro atoms. The summed E-state index contributed by atoms with van der Waals surface area (Å²) in [5.41, 5.74) is -0.156. The number of benzene rings is 1. The van der Waals surface area contributed by atoms with E-state index in [1.165, 1.54) is 6.07 Å². The van der Waals surface area contributed by atoms with Crippen LogP contribution in [0.5, 0.6) is 0 Å². The van der Waals surface area contributed by atoms with Crippen LogP contribution in [0.1, 0.15) is 25.0 Å². The Kier molecular flexibility index (Phi) is 5.88. The number of ether oxygens (including phenoxy) is 1. The Morgan fingerprint density at radius 3 is 2.63 bits per heavy atom. The largest absolute Gasteiger partial charge is 0.416 e. The maximum absolute atomic E-state index is 12.5. The molecule has 0 aromatic heterocycles. The molecule has 1 atom stereocenters. The molecule has 2 nitrogen and oxygen atoms in total. The van der Waals surface area contributed by atoms with Crippen LogP contribution in [0.15, 0.2) is 24.3 Å². The van der Waals surface area contributed by atoms with E-state index in [4.69, 9.17) is 12.7 Å². The van der Waals surface area contributed by atoms with Crippen LogP contribution in [-0.2, 0) is 17.5 Å². The van der Waals surface area contributed by atoms with Gasteiger partial charge < -0.3 is 9.55 Å². The third-order valence-corrected chi connectivity index (χ3v) is 2.69. The van der Waals surface area contributed by atoms with Crippen molar-refractivity contribution in [3.05, 3.63) is 35.4 Å². The van der Waals surface area contributed by atoms with Crippen LogP contribution >= 0.6 is 0 Å². The van der Waals surface area contributed by atoms with Gasteiger partial charge in [-0.3, -0.25) is 0 Å². The first-order valence-electron chi connectivity index (χ1n) is 6.10. The van der Waals surface area contributed by atoms with Crippen LogP contribution in [-0.4, -0.2) is 32.0 Å². The van der Waals surface area contributed by atoms with Gasteiger partial charge in [-0.25, -0.2) is 0 Å². The minimum Gasteiger partial charge on any atom is -0.373 e. The van der Waals surface area contributed by atoms with E-state index in [1.54, 1.807) is 10.9 Å². The van der Waals surface area contributed by atoms with E-state index in [1.807, 2.05) is 13.8 Å². The van der Waals surface area contributed by atoms with E-state index in [0.717, 1.165) is 12.1 Å². The summed E-state index contributed by atoms with van der Waals surface area (Å²) in [5.74, 6) is 0. The molecular formula is C13H17BF3NO. The topological polar surface area (TPSA) is 12.5 Å². The molecule has 0 N–H and O–H groups in total. The van der Waals surface area contributed by atoms with Crippen molar-refractivity contribution in [2.75, 3.05) is 13.1 Å². The van der Waals surface area contributed by atoms with Gasteiger partial charge in [-0.2, -0.15) is 13.2 Å². The SMILES string of the molecule is [B]N(CC)CC(C)OCc1cccc(C(F)(F)F)c1. The van der Waals surface area contributed by atoms with E-state index in [2.05, 4.69) is 0 Å². The number of hydrogen-bond donors (Lipinski definition) is 0. The van der Waals surface area contributed by atoms with Crippen molar-refractivity contribution >= 4 is 7.98 Å². The third-order valence-electron chi connectivity index (χ3n) is 2.69. The van der Waals surface area contributed by atoms with Gasteiger partial charge >= 0.3 is 6.18 Å². The quantitative estimate of drug-likeness (QED) is 0.737. The molecule has 0 heterocycles. The third kappa shape index (κ3) is 5.65. The van der Waals surface area contributed by atoms with Crippen LogP contribution < -0.4 is 0 Å². The highest BCUT2D eigenvalue weighted by atomic mass is 19.4. The van der Waals surface area contributed by atoms with Crippen molar-refractivity contribution in [1.29, 1.82) is 0 Å². The van der Waals surface area contributed by atoms with Gasteiger partial charge in [-0.05, 0) is 31.2 Å². The highest BCUT2D eigenvalue weighted by Crippen LogP contribution is 2.29. The summed E-state index contributed by atoms with van der Waals surface area (Å²) in [6.07, 6.45) is -4.46. The molecule has 0 saturated carbocycles. The van der Waals surface area contributed by atoms with Crippen molar-refractivity contribution in [1.82, 2.24) is 4.81 Å². The lowest BCUT2D eigenvalue weighted by atomic mass is 10.1. The number of halogens is 3. The summed E-state index contributed by atoms with van der Waals surface area (Å²) >= 11 is 0. The highest BCUT2D eigenvalue weighted by molar-refractivity contribution is 6.04. The zero-order valence-electron chi connectivity index (χ0n) is 11.1. The molecule has 1 unspecified atom stereocenters. The smallest absolute Gasteiger partial charge is 0.373 e. The van der Waals surface area contributed by atoms with Crippen molar-refractivity contribution in [3.8, 4) is 0 Å². The zero-order chi connectivity index (χ0) is 14.5. The molecule has 0 aliphatic heterocycles. The Morgan fingerprint density at radius 2 is 2.05 bits per heavy atom. The number of nitrogens with zero attached hydrogens (tertiary/aromatic N) is 1. The fourth-order valence-electron chi connectivity index (χ4n) is 1.59. The van der Waals surface area contributed by atoms with Gasteiger partial charge in [0.05, 0.1) is 18.3 Å². The summed E-state index contributed by atoms with van der Waals surface area (Å²) in [4.78, 5) is 1.59. The van der Waals surface area contributed by atoms with Crippen molar-refractivity contribution in [2.45, 2.75) is 32.7 Å². The fourth-order valence-corrected chi connectivity index (χ4v) is 1.59. The fraction of sp³-hybridized carbons (Fsp3) is 0.538. The van der Waals surface area contributed by atoms with Gasteiger partial charge in [0.2, 0.25) is 0 Å². The van der Waals surface area contributed by atoms with Crippen LogP contribution in [0.25, 0.3) is 0 Å². The van der Waals surface area contributed by atoms with Gasteiger partial charge in [-0.15, -0.1) is 0 Å². The standard InChI is InChI=1S/C13H17BF3NO/c1-3-18(14)8-10(2)19-9-11-5-4-6-12(7-11)13(15,16)17/h4-7,10H,3,8-9H2,1-2H3. The van der Waals surface area contributed by atoms with Crippen molar-refractivity contribution in [3.63, 3.8) is 0 Å². The van der Waals surface area contributed by atoms with Crippen molar-refractivity contribution in [2.24, 2.45) is 0 Å². The normalized spacial score (nSPS) is 13.8. The second kappa shape index (κ2) is 6.96.